The second kappa shape index (κ2) is 9.54. The third-order valence-corrected chi connectivity index (χ3v) is 8.09. The van der Waals surface area contributed by atoms with Gasteiger partial charge in [0, 0.05) is 18.4 Å². The van der Waals surface area contributed by atoms with Crippen LogP contribution in [0.15, 0.2) is 46.3 Å². The topological polar surface area (TPSA) is 83.4 Å². The molecule has 34 heavy (non-hydrogen) atoms. The summed E-state index contributed by atoms with van der Waals surface area (Å²) in [4.78, 5) is 40.2. The molecule has 3 heterocycles. The summed E-state index contributed by atoms with van der Waals surface area (Å²) >= 11 is 5.08. The highest BCUT2D eigenvalue weighted by atomic mass is 79.9. The molecule has 2 atom stereocenters. The first-order chi connectivity index (χ1) is 16.1. The van der Waals surface area contributed by atoms with Gasteiger partial charge in [0.2, 0.25) is 11.8 Å². The highest BCUT2D eigenvalue weighted by molar-refractivity contribution is 9.10. The van der Waals surface area contributed by atoms with Crippen molar-refractivity contribution >= 4 is 55.2 Å². The lowest BCUT2D eigenvalue weighted by atomic mass is 9.81. The van der Waals surface area contributed by atoms with Gasteiger partial charge in [0.25, 0.3) is 5.91 Å². The van der Waals surface area contributed by atoms with Crippen molar-refractivity contribution in [3.63, 3.8) is 0 Å². The first-order valence-electron chi connectivity index (χ1n) is 11.3. The number of amides is 3. The molecular weight excluding hydrogens is 516 g/mol. The Morgan fingerprint density at radius 3 is 2.44 bits per heavy atom. The summed E-state index contributed by atoms with van der Waals surface area (Å²) in [6.45, 7) is 6.06. The number of carbonyl (C=O) groups excluding carboxylic acids is 3. The van der Waals surface area contributed by atoms with Crippen LogP contribution >= 0.6 is 27.3 Å². The summed E-state index contributed by atoms with van der Waals surface area (Å²) in [6.07, 6.45) is 0.749. The Morgan fingerprint density at radius 2 is 1.85 bits per heavy atom. The average molecular weight is 546 g/mol. The quantitative estimate of drug-likeness (QED) is 0.471. The molecule has 7 nitrogen and oxygen atoms in total. The first-order valence-corrected chi connectivity index (χ1v) is 13.0. The molecule has 180 valence electrons. The number of nitrogens with zero attached hydrogens (tertiary/aromatic N) is 2. The van der Waals surface area contributed by atoms with Crippen molar-refractivity contribution in [1.29, 1.82) is 0 Å². The number of nitrogens with one attached hydrogen (secondary N) is 2. The minimum Gasteiger partial charge on any atom is -0.344 e. The number of benzene rings is 1. The van der Waals surface area contributed by atoms with Crippen LogP contribution in [0.2, 0.25) is 0 Å². The number of fused-ring (bicyclic) bond motifs is 1. The number of carbonyl (C=O) groups is 3. The Kier molecular flexibility index (Phi) is 6.87. The summed E-state index contributed by atoms with van der Waals surface area (Å²) in [7, 11) is 1.90. The molecule has 0 spiro atoms. The molecule has 0 unspecified atom stereocenters. The van der Waals surface area contributed by atoms with E-state index in [1.54, 1.807) is 16.2 Å². The van der Waals surface area contributed by atoms with Gasteiger partial charge in [-0.2, -0.15) is 0 Å². The molecule has 3 aromatic rings. The Balaban J connectivity index is 1.59. The molecule has 1 aliphatic rings. The van der Waals surface area contributed by atoms with Gasteiger partial charge in [-0.05, 0) is 41.1 Å². The molecule has 1 fully saturated rings. The molecule has 1 saturated heterocycles. The lowest BCUT2D eigenvalue weighted by Gasteiger charge is -2.51. The standard InChI is InChI=1S/C25H29BrN4O3S/c1-5-15(2)22(27-16(3)31)23(32)28-25(17-6-8-18(26)9-7-17)13-30(14-25)24(33)20-12-21-19(29(20)4)10-11-34-21/h6-12,15,22H,5,13-14H2,1-4H3,(H,27,31)(H,28,32)/t15-,22-/m0/s1. The largest absolute Gasteiger partial charge is 0.344 e. The molecule has 0 saturated carbocycles. The molecule has 9 heteroatoms. The zero-order chi connectivity index (χ0) is 24.6. The van der Waals surface area contributed by atoms with Gasteiger partial charge in [0.15, 0.2) is 0 Å². The number of halogens is 1. The van der Waals surface area contributed by atoms with E-state index in [1.165, 1.54) is 6.92 Å². The van der Waals surface area contributed by atoms with Crippen LogP contribution in [0, 0.1) is 5.92 Å². The van der Waals surface area contributed by atoms with Crippen LogP contribution < -0.4 is 10.6 Å². The summed E-state index contributed by atoms with van der Waals surface area (Å²) < 4.78 is 3.93. The van der Waals surface area contributed by atoms with E-state index in [0.717, 1.165) is 26.7 Å². The van der Waals surface area contributed by atoms with E-state index < -0.39 is 11.6 Å². The van der Waals surface area contributed by atoms with Crippen molar-refractivity contribution in [2.24, 2.45) is 13.0 Å². The van der Waals surface area contributed by atoms with E-state index in [1.807, 2.05) is 67.2 Å². The second-order valence-electron chi connectivity index (χ2n) is 9.06. The molecule has 0 bridgehead atoms. The van der Waals surface area contributed by atoms with Crippen molar-refractivity contribution in [2.75, 3.05) is 13.1 Å². The van der Waals surface area contributed by atoms with Gasteiger partial charge in [-0.25, -0.2) is 0 Å². The Hall–Kier alpha value is -2.65. The van der Waals surface area contributed by atoms with Crippen molar-refractivity contribution in [2.45, 2.75) is 38.8 Å². The zero-order valence-corrected chi connectivity index (χ0v) is 22.1. The normalized spacial score (nSPS) is 16.6. The van der Waals surface area contributed by atoms with Gasteiger partial charge in [-0.3, -0.25) is 14.4 Å². The molecule has 2 aromatic heterocycles. The molecule has 0 radical (unpaired) electrons. The molecule has 3 amide bonds. The maximum atomic E-state index is 13.4. The van der Waals surface area contributed by atoms with Gasteiger partial charge in [0.05, 0.1) is 23.3 Å². The SMILES string of the molecule is CC[C@H](C)[C@H](NC(C)=O)C(=O)NC1(c2ccc(Br)cc2)CN(C(=O)c2cc3sccc3n2C)C1. The van der Waals surface area contributed by atoms with E-state index in [-0.39, 0.29) is 23.6 Å². The molecule has 2 N–H and O–H groups in total. The first kappa shape index (κ1) is 24.5. The number of hydrogen-bond acceptors (Lipinski definition) is 4. The Labute approximate surface area is 211 Å². The van der Waals surface area contributed by atoms with E-state index in [2.05, 4.69) is 26.6 Å². The van der Waals surface area contributed by atoms with Crippen LogP contribution in [-0.2, 0) is 22.2 Å². The van der Waals surface area contributed by atoms with Gasteiger partial charge >= 0.3 is 0 Å². The Morgan fingerprint density at radius 1 is 1.18 bits per heavy atom. The Bertz CT molecular complexity index is 1230. The number of aromatic nitrogens is 1. The predicted molar refractivity (Wildman–Crippen MR) is 138 cm³/mol. The lowest BCUT2D eigenvalue weighted by molar-refractivity contribution is -0.132. The van der Waals surface area contributed by atoms with E-state index in [0.29, 0.717) is 18.8 Å². The maximum Gasteiger partial charge on any atom is 0.270 e. The van der Waals surface area contributed by atoms with Crippen molar-refractivity contribution in [3.8, 4) is 0 Å². The highest BCUT2D eigenvalue weighted by Gasteiger charge is 2.49. The third-order valence-electron chi connectivity index (χ3n) is 6.71. The van der Waals surface area contributed by atoms with Gasteiger partial charge < -0.3 is 20.1 Å². The van der Waals surface area contributed by atoms with Crippen molar-refractivity contribution < 1.29 is 14.4 Å². The number of likely N-dealkylation sites (tertiary alicyclic amines) is 1. The van der Waals surface area contributed by atoms with Crippen molar-refractivity contribution in [3.05, 3.63) is 57.5 Å². The van der Waals surface area contributed by atoms with E-state index in [4.69, 9.17) is 0 Å². The number of thiophene rings is 1. The fourth-order valence-electron chi connectivity index (χ4n) is 4.50. The number of hydrogen-bond donors (Lipinski definition) is 2. The molecule has 1 aliphatic heterocycles. The smallest absolute Gasteiger partial charge is 0.270 e. The van der Waals surface area contributed by atoms with Gasteiger partial charge in [0.1, 0.15) is 17.3 Å². The minimum atomic E-state index is -0.722. The third kappa shape index (κ3) is 4.51. The molecule has 0 aliphatic carbocycles. The van der Waals surface area contributed by atoms with Crippen LogP contribution in [0.5, 0.6) is 0 Å². The van der Waals surface area contributed by atoms with E-state index in [9.17, 15) is 14.4 Å². The molecule has 4 rings (SSSR count). The predicted octanol–water partition coefficient (Wildman–Crippen LogP) is 4.02. The number of rotatable bonds is 7. The van der Waals surface area contributed by atoms with Crippen molar-refractivity contribution in [1.82, 2.24) is 20.1 Å². The van der Waals surface area contributed by atoms with E-state index >= 15 is 0 Å². The van der Waals surface area contributed by atoms with Crippen LogP contribution in [-0.4, -0.2) is 46.3 Å². The summed E-state index contributed by atoms with van der Waals surface area (Å²) in [5.41, 5.74) is 1.87. The second-order valence-corrected chi connectivity index (χ2v) is 10.9. The molecular formula is C25H29BrN4O3S. The molecule has 1 aromatic carbocycles. The average Bonchev–Trinajstić information content (AvgIpc) is 3.36. The lowest BCUT2D eigenvalue weighted by Crippen LogP contribution is -2.70. The maximum absolute atomic E-state index is 13.4. The van der Waals surface area contributed by atoms with Gasteiger partial charge in [-0.15, -0.1) is 11.3 Å². The zero-order valence-electron chi connectivity index (χ0n) is 19.7. The summed E-state index contributed by atoms with van der Waals surface area (Å²) in [5, 5.41) is 8.00. The fraction of sp³-hybridized carbons (Fsp3) is 0.400. The van der Waals surface area contributed by atoms with Gasteiger partial charge in [-0.1, -0.05) is 48.3 Å². The summed E-state index contributed by atoms with van der Waals surface area (Å²) in [5.74, 6) is -0.570. The van der Waals surface area contributed by atoms with Crippen LogP contribution in [0.3, 0.4) is 0 Å². The fourth-order valence-corrected chi connectivity index (χ4v) is 5.62. The van der Waals surface area contributed by atoms with Crippen LogP contribution in [0.4, 0.5) is 0 Å². The minimum absolute atomic E-state index is 0.0278. The number of aryl methyl sites for hydroxylation is 1. The highest BCUT2D eigenvalue weighted by Crippen LogP contribution is 2.35. The van der Waals surface area contributed by atoms with Crippen LogP contribution in [0.1, 0.15) is 43.2 Å². The summed E-state index contributed by atoms with van der Waals surface area (Å²) in [6, 6.07) is 11.1. The van der Waals surface area contributed by atoms with Crippen LogP contribution in [0.25, 0.3) is 10.2 Å². The monoisotopic (exact) mass is 544 g/mol.